The summed E-state index contributed by atoms with van der Waals surface area (Å²) < 4.78 is 37.5. The fourth-order valence-electron chi connectivity index (χ4n) is 1.28. The van der Waals surface area contributed by atoms with Crippen molar-refractivity contribution in [2.24, 2.45) is 5.73 Å². The smallest absolute Gasteiger partial charge is 0.417 e. The van der Waals surface area contributed by atoms with Gasteiger partial charge in [-0.25, -0.2) is 0 Å². The number of benzene rings is 1. The molecule has 0 aliphatic carbocycles. The molecule has 1 rings (SSSR count). The summed E-state index contributed by atoms with van der Waals surface area (Å²) in [6.07, 6.45) is -4.82. The number of hydrogen-bond donors (Lipinski definition) is 2. The minimum absolute atomic E-state index is 0.0661. The van der Waals surface area contributed by atoms with Gasteiger partial charge in [0.05, 0.1) is 10.6 Å². The van der Waals surface area contributed by atoms with Crippen molar-refractivity contribution in [2.45, 2.75) is 18.6 Å². The van der Waals surface area contributed by atoms with E-state index in [1.165, 1.54) is 12.1 Å². The van der Waals surface area contributed by atoms with Gasteiger partial charge in [0, 0.05) is 0 Å². The zero-order chi connectivity index (χ0) is 13.2. The average Bonchev–Trinajstić information content (AvgIpc) is 2.19. The summed E-state index contributed by atoms with van der Waals surface area (Å²) in [5.74, 6) is -1.29. The third kappa shape index (κ3) is 3.34. The lowest BCUT2D eigenvalue weighted by atomic mass is 10.0. The van der Waals surface area contributed by atoms with Gasteiger partial charge in [-0.1, -0.05) is 23.7 Å². The fourth-order valence-corrected chi connectivity index (χ4v) is 1.59. The molecule has 0 aromatic heterocycles. The van der Waals surface area contributed by atoms with Crippen LogP contribution in [0.1, 0.15) is 11.1 Å². The Morgan fingerprint density at radius 1 is 1.47 bits per heavy atom. The summed E-state index contributed by atoms with van der Waals surface area (Å²) in [7, 11) is 0. The molecule has 0 spiro atoms. The maximum atomic E-state index is 12.5. The van der Waals surface area contributed by atoms with Gasteiger partial charge in [-0.2, -0.15) is 13.2 Å². The van der Waals surface area contributed by atoms with Gasteiger partial charge < -0.3 is 10.8 Å². The van der Waals surface area contributed by atoms with E-state index in [0.29, 0.717) is 0 Å². The number of nitrogens with two attached hydrogens (primary N) is 1. The molecule has 0 unspecified atom stereocenters. The van der Waals surface area contributed by atoms with Crippen molar-refractivity contribution in [1.82, 2.24) is 0 Å². The summed E-state index contributed by atoms with van der Waals surface area (Å²) in [4.78, 5) is 10.5. The lowest BCUT2D eigenvalue weighted by Gasteiger charge is -2.13. The van der Waals surface area contributed by atoms with Gasteiger partial charge in [0.2, 0.25) is 0 Å². The van der Waals surface area contributed by atoms with Crippen LogP contribution in [-0.2, 0) is 17.4 Å². The zero-order valence-electron chi connectivity index (χ0n) is 8.46. The Kier molecular flexibility index (Phi) is 4.00. The molecule has 1 atom stereocenters. The Morgan fingerprint density at radius 3 is 2.53 bits per heavy atom. The van der Waals surface area contributed by atoms with Gasteiger partial charge in [0.1, 0.15) is 6.04 Å². The van der Waals surface area contributed by atoms with Gasteiger partial charge in [-0.05, 0) is 18.1 Å². The maximum absolute atomic E-state index is 12.5. The number of hydrogen-bond acceptors (Lipinski definition) is 2. The van der Waals surface area contributed by atoms with Crippen LogP contribution in [0.5, 0.6) is 0 Å². The van der Waals surface area contributed by atoms with Crippen molar-refractivity contribution in [1.29, 1.82) is 0 Å². The van der Waals surface area contributed by atoms with Crippen molar-refractivity contribution in [3.63, 3.8) is 0 Å². The molecule has 3 nitrogen and oxygen atoms in total. The summed E-state index contributed by atoms with van der Waals surface area (Å²) in [6.45, 7) is 0. The van der Waals surface area contributed by atoms with E-state index in [-0.39, 0.29) is 12.0 Å². The number of carbonyl (C=O) groups is 1. The molecular formula is C10H9ClF3NO2. The summed E-state index contributed by atoms with van der Waals surface area (Å²) >= 11 is 5.57. The Hall–Kier alpha value is -1.27. The number of carboxylic acids is 1. The van der Waals surface area contributed by atoms with Crippen LogP contribution in [-0.4, -0.2) is 17.1 Å². The first-order valence-corrected chi connectivity index (χ1v) is 4.94. The van der Waals surface area contributed by atoms with E-state index < -0.39 is 28.8 Å². The predicted molar refractivity (Wildman–Crippen MR) is 55.8 cm³/mol. The monoisotopic (exact) mass is 267 g/mol. The lowest BCUT2D eigenvalue weighted by molar-refractivity contribution is -0.138. The Balaban J connectivity index is 3.07. The van der Waals surface area contributed by atoms with E-state index in [2.05, 4.69) is 0 Å². The van der Waals surface area contributed by atoms with Crippen molar-refractivity contribution in [2.75, 3.05) is 0 Å². The Labute approximate surface area is 100.0 Å². The highest BCUT2D eigenvalue weighted by molar-refractivity contribution is 6.32. The highest BCUT2D eigenvalue weighted by Gasteiger charge is 2.34. The van der Waals surface area contributed by atoms with Gasteiger partial charge >= 0.3 is 12.1 Å². The Bertz CT molecular complexity index is 434. The second kappa shape index (κ2) is 4.93. The molecule has 0 aliphatic heterocycles. The molecule has 0 fully saturated rings. The van der Waals surface area contributed by atoms with Gasteiger partial charge in [-0.3, -0.25) is 4.79 Å². The molecule has 0 radical (unpaired) electrons. The van der Waals surface area contributed by atoms with Crippen LogP contribution in [0.25, 0.3) is 0 Å². The molecule has 94 valence electrons. The van der Waals surface area contributed by atoms with E-state index in [1.807, 2.05) is 0 Å². The number of aliphatic carboxylic acids is 1. The SMILES string of the molecule is N[C@H](Cc1cccc(C(F)(F)F)c1Cl)C(=O)O. The molecule has 17 heavy (non-hydrogen) atoms. The normalized spacial score (nSPS) is 13.5. The molecule has 3 N–H and O–H groups in total. The molecule has 0 saturated heterocycles. The van der Waals surface area contributed by atoms with Crippen LogP contribution in [0.4, 0.5) is 13.2 Å². The maximum Gasteiger partial charge on any atom is 0.417 e. The molecule has 1 aromatic carbocycles. The first kappa shape index (κ1) is 13.8. The lowest BCUT2D eigenvalue weighted by Crippen LogP contribution is -2.32. The zero-order valence-corrected chi connectivity index (χ0v) is 9.22. The fraction of sp³-hybridized carbons (Fsp3) is 0.300. The quantitative estimate of drug-likeness (QED) is 0.883. The van der Waals surface area contributed by atoms with Gasteiger partial charge in [-0.15, -0.1) is 0 Å². The number of alkyl halides is 3. The molecule has 0 heterocycles. The van der Waals surface area contributed by atoms with Crippen molar-refractivity contribution in [3.05, 3.63) is 34.3 Å². The first-order chi connectivity index (χ1) is 7.73. The Morgan fingerprint density at radius 2 is 2.06 bits per heavy atom. The second-order valence-electron chi connectivity index (χ2n) is 3.43. The average molecular weight is 268 g/mol. The summed E-state index contributed by atoms with van der Waals surface area (Å²) in [5, 5.41) is 8.07. The molecule has 1 aromatic rings. The molecule has 0 amide bonds. The minimum atomic E-state index is -4.57. The minimum Gasteiger partial charge on any atom is -0.480 e. The molecule has 7 heteroatoms. The summed E-state index contributed by atoms with van der Waals surface area (Å²) in [5.41, 5.74) is 4.31. The van der Waals surface area contributed by atoms with Crippen molar-refractivity contribution < 1.29 is 23.1 Å². The first-order valence-electron chi connectivity index (χ1n) is 4.56. The molecular weight excluding hydrogens is 259 g/mol. The standard InChI is InChI=1S/C10H9ClF3NO2/c11-8-5(4-7(15)9(16)17)2-1-3-6(8)10(12,13)14/h1-3,7H,4,15H2,(H,16,17)/t7-/m1/s1. The van der Waals surface area contributed by atoms with Crippen LogP contribution in [0.3, 0.4) is 0 Å². The van der Waals surface area contributed by atoms with Crippen LogP contribution in [0, 0.1) is 0 Å². The van der Waals surface area contributed by atoms with Crippen LogP contribution in [0.2, 0.25) is 5.02 Å². The third-order valence-electron chi connectivity index (χ3n) is 2.14. The highest BCUT2D eigenvalue weighted by Crippen LogP contribution is 2.36. The van der Waals surface area contributed by atoms with Crippen LogP contribution < -0.4 is 5.73 Å². The van der Waals surface area contributed by atoms with Gasteiger partial charge in [0.25, 0.3) is 0 Å². The van der Waals surface area contributed by atoms with Crippen molar-refractivity contribution in [3.8, 4) is 0 Å². The highest BCUT2D eigenvalue weighted by atomic mass is 35.5. The predicted octanol–water partition coefficient (Wildman–Crippen LogP) is 2.31. The second-order valence-corrected chi connectivity index (χ2v) is 3.80. The topological polar surface area (TPSA) is 63.3 Å². The van der Waals surface area contributed by atoms with E-state index >= 15 is 0 Å². The van der Waals surface area contributed by atoms with E-state index in [9.17, 15) is 18.0 Å². The third-order valence-corrected chi connectivity index (χ3v) is 2.59. The van der Waals surface area contributed by atoms with E-state index in [4.69, 9.17) is 22.4 Å². The van der Waals surface area contributed by atoms with Crippen LogP contribution >= 0.6 is 11.6 Å². The van der Waals surface area contributed by atoms with Gasteiger partial charge in [0.15, 0.2) is 0 Å². The molecule has 0 saturated carbocycles. The number of rotatable bonds is 3. The van der Waals surface area contributed by atoms with Crippen molar-refractivity contribution >= 4 is 17.6 Å². The van der Waals surface area contributed by atoms with Crippen LogP contribution in [0.15, 0.2) is 18.2 Å². The molecule has 0 bridgehead atoms. The summed E-state index contributed by atoms with van der Waals surface area (Å²) in [6, 6.07) is 2.04. The number of halogens is 4. The molecule has 0 aliphatic rings. The van der Waals surface area contributed by atoms with E-state index in [1.54, 1.807) is 0 Å². The largest absolute Gasteiger partial charge is 0.480 e. The van der Waals surface area contributed by atoms with E-state index in [0.717, 1.165) is 6.07 Å². The number of carboxylic acid groups (broad SMARTS) is 1.